The summed E-state index contributed by atoms with van der Waals surface area (Å²) < 4.78 is 0. The molecule has 1 saturated heterocycles. The number of rotatable bonds is 4. The Bertz CT molecular complexity index is 341. The van der Waals surface area contributed by atoms with Crippen LogP contribution < -0.4 is 5.32 Å². The van der Waals surface area contributed by atoms with Gasteiger partial charge in [0, 0.05) is 12.1 Å². The zero-order valence-electron chi connectivity index (χ0n) is 10.5. The Morgan fingerprint density at radius 1 is 1.53 bits per heavy atom. The molecule has 0 radical (unpaired) electrons. The van der Waals surface area contributed by atoms with E-state index in [-0.39, 0.29) is 17.9 Å². The van der Waals surface area contributed by atoms with Crippen molar-refractivity contribution in [3.05, 3.63) is 11.1 Å². The summed E-state index contributed by atoms with van der Waals surface area (Å²) in [7, 11) is 0. The van der Waals surface area contributed by atoms with Crippen LogP contribution in [0.4, 0.5) is 0 Å². The molecule has 17 heavy (non-hydrogen) atoms. The summed E-state index contributed by atoms with van der Waals surface area (Å²) >= 11 is 5.62. The van der Waals surface area contributed by atoms with Crippen molar-refractivity contribution in [2.24, 2.45) is 0 Å². The van der Waals surface area contributed by atoms with E-state index in [2.05, 4.69) is 5.32 Å². The van der Waals surface area contributed by atoms with Crippen molar-refractivity contribution in [3.63, 3.8) is 0 Å². The zero-order valence-corrected chi connectivity index (χ0v) is 11.3. The van der Waals surface area contributed by atoms with Crippen molar-refractivity contribution in [1.29, 1.82) is 0 Å². The number of piperazine rings is 1. The lowest BCUT2D eigenvalue weighted by molar-refractivity contribution is -0.148. The SMILES string of the molecule is CCCC1C(=O)NC(C)C(=O)N1CC(C)=CCl. The van der Waals surface area contributed by atoms with Gasteiger partial charge in [-0.3, -0.25) is 9.59 Å². The van der Waals surface area contributed by atoms with Crippen LogP contribution in [0.2, 0.25) is 0 Å². The Kier molecular flexibility index (Phi) is 5.00. The van der Waals surface area contributed by atoms with Gasteiger partial charge in [-0.25, -0.2) is 0 Å². The molecule has 0 aliphatic carbocycles. The molecule has 1 N–H and O–H groups in total. The van der Waals surface area contributed by atoms with E-state index < -0.39 is 6.04 Å². The Hall–Kier alpha value is -1.03. The maximum atomic E-state index is 12.0. The van der Waals surface area contributed by atoms with Crippen LogP contribution in [0.25, 0.3) is 0 Å². The molecule has 2 atom stereocenters. The molecule has 0 aromatic carbocycles. The van der Waals surface area contributed by atoms with Crippen LogP contribution in [0.15, 0.2) is 11.1 Å². The summed E-state index contributed by atoms with van der Waals surface area (Å²) in [6, 6.07) is -0.811. The van der Waals surface area contributed by atoms with Crippen LogP contribution in [0.3, 0.4) is 0 Å². The molecule has 1 aliphatic rings. The molecule has 2 unspecified atom stereocenters. The van der Waals surface area contributed by atoms with E-state index in [9.17, 15) is 9.59 Å². The van der Waals surface area contributed by atoms with E-state index in [0.717, 1.165) is 12.0 Å². The number of nitrogens with zero attached hydrogens (tertiary/aromatic N) is 1. The molecule has 1 rings (SSSR count). The smallest absolute Gasteiger partial charge is 0.245 e. The van der Waals surface area contributed by atoms with Gasteiger partial charge in [-0.2, -0.15) is 0 Å². The highest BCUT2D eigenvalue weighted by molar-refractivity contribution is 6.25. The summed E-state index contributed by atoms with van der Waals surface area (Å²) in [5.41, 5.74) is 2.33. The van der Waals surface area contributed by atoms with Crippen LogP contribution in [-0.2, 0) is 9.59 Å². The number of hydrogen-bond acceptors (Lipinski definition) is 2. The molecular formula is C12H19ClN2O2. The lowest BCUT2D eigenvalue weighted by Gasteiger charge is -2.38. The summed E-state index contributed by atoms with van der Waals surface area (Å²) in [5, 5.41) is 2.70. The van der Waals surface area contributed by atoms with Gasteiger partial charge in [-0.15, -0.1) is 0 Å². The van der Waals surface area contributed by atoms with Crippen LogP contribution in [-0.4, -0.2) is 35.3 Å². The average Bonchev–Trinajstić information content (AvgIpc) is 2.30. The van der Waals surface area contributed by atoms with Crippen LogP contribution in [0, 0.1) is 0 Å². The van der Waals surface area contributed by atoms with Crippen molar-refractivity contribution in [2.45, 2.75) is 45.7 Å². The molecule has 0 spiro atoms. The lowest BCUT2D eigenvalue weighted by Crippen LogP contribution is -2.62. The molecule has 0 aromatic rings. The summed E-state index contributed by atoms with van der Waals surface area (Å²) in [4.78, 5) is 25.5. The van der Waals surface area contributed by atoms with Crippen molar-refractivity contribution in [2.75, 3.05) is 6.54 Å². The van der Waals surface area contributed by atoms with E-state index in [4.69, 9.17) is 11.6 Å². The second-order valence-corrected chi connectivity index (χ2v) is 4.67. The maximum Gasteiger partial charge on any atom is 0.245 e. The largest absolute Gasteiger partial charge is 0.343 e. The van der Waals surface area contributed by atoms with Gasteiger partial charge in [0.05, 0.1) is 0 Å². The Balaban J connectivity index is 2.89. The van der Waals surface area contributed by atoms with Gasteiger partial charge in [0.2, 0.25) is 11.8 Å². The monoisotopic (exact) mass is 258 g/mol. The predicted molar refractivity (Wildman–Crippen MR) is 67.6 cm³/mol. The van der Waals surface area contributed by atoms with Crippen LogP contribution in [0.5, 0.6) is 0 Å². The van der Waals surface area contributed by atoms with Crippen LogP contribution >= 0.6 is 11.6 Å². The third-order valence-electron chi connectivity index (χ3n) is 2.86. The first-order valence-corrected chi connectivity index (χ1v) is 6.31. The molecule has 1 fully saturated rings. The number of amides is 2. The van der Waals surface area contributed by atoms with Crippen molar-refractivity contribution >= 4 is 23.4 Å². The number of halogens is 1. The van der Waals surface area contributed by atoms with Crippen molar-refractivity contribution in [3.8, 4) is 0 Å². The normalized spacial score (nSPS) is 26.1. The van der Waals surface area contributed by atoms with Gasteiger partial charge in [-0.1, -0.05) is 24.9 Å². The van der Waals surface area contributed by atoms with Crippen molar-refractivity contribution in [1.82, 2.24) is 10.2 Å². The molecule has 1 heterocycles. The first-order valence-electron chi connectivity index (χ1n) is 5.88. The molecule has 0 bridgehead atoms. The molecule has 4 nitrogen and oxygen atoms in total. The lowest BCUT2D eigenvalue weighted by atomic mass is 10.0. The Morgan fingerprint density at radius 2 is 2.18 bits per heavy atom. The predicted octanol–water partition coefficient (Wildman–Crippen LogP) is 1.64. The summed E-state index contributed by atoms with van der Waals surface area (Å²) in [6.45, 7) is 5.97. The average molecular weight is 259 g/mol. The van der Waals surface area contributed by atoms with E-state index in [0.29, 0.717) is 13.0 Å². The second-order valence-electron chi connectivity index (χ2n) is 4.46. The molecule has 0 saturated carbocycles. The second kappa shape index (κ2) is 6.05. The van der Waals surface area contributed by atoms with Gasteiger partial charge in [0.25, 0.3) is 0 Å². The maximum absolute atomic E-state index is 12.0. The van der Waals surface area contributed by atoms with Gasteiger partial charge in [-0.05, 0) is 25.8 Å². The van der Waals surface area contributed by atoms with Crippen molar-refractivity contribution < 1.29 is 9.59 Å². The van der Waals surface area contributed by atoms with E-state index in [1.165, 1.54) is 5.54 Å². The fourth-order valence-corrected chi connectivity index (χ4v) is 2.04. The quantitative estimate of drug-likeness (QED) is 0.834. The number of carbonyl (C=O) groups excluding carboxylic acids is 2. The summed E-state index contributed by atoms with van der Waals surface area (Å²) in [5.74, 6) is -0.109. The highest BCUT2D eigenvalue weighted by Crippen LogP contribution is 2.16. The first kappa shape index (κ1) is 14.0. The highest BCUT2D eigenvalue weighted by Gasteiger charge is 2.37. The fraction of sp³-hybridized carbons (Fsp3) is 0.667. The van der Waals surface area contributed by atoms with E-state index in [1.807, 2.05) is 13.8 Å². The Labute approximate surface area is 107 Å². The number of carbonyl (C=O) groups is 2. The first-order chi connectivity index (χ1) is 8.01. The van der Waals surface area contributed by atoms with Gasteiger partial charge in [0.1, 0.15) is 12.1 Å². The molecule has 96 valence electrons. The van der Waals surface area contributed by atoms with Gasteiger partial charge >= 0.3 is 0 Å². The standard InChI is InChI=1S/C12H19ClN2O2/c1-4-5-10-11(16)14-9(3)12(17)15(10)7-8(2)6-13/h6,9-10H,4-5,7H2,1-3H3,(H,14,16). The third-order valence-corrected chi connectivity index (χ3v) is 3.23. The van der Waals surface area contributed by atoms with Gasteiger partial charge in [0.15, 0.2) is 0 Å². The molecule has 5 heteroatoms. The van der Waals surface area contributed by atoms with Crippen LogP contribution in [0.1, 0.15) is 33.6 Å². The zero-order chi connectivity index (χ0) is 13.0. The molecule has 0 aromatic heterocycles. The van der Waals surface area contributed by atoms with E-state index in [1.54, 1.807) is 11.8 Å². The third kappa shape index (κ3) is 3.22. The molecule has 1 aliphatic heterocycles. The number of hydrogen-bond donors (Lipinski definition) is 1. The van der Waals surface area contributed by atoms with Gasteiger partial charge < -0.3 is 10.2 Å². The minimum Gasteiger partial charge on any atom is -0.343 e. The Morgan fingerprint density at radius 3 is 2.71 bits per heavy atom. The topological polar surface area (TPSA) is 49.4 Å². The summed E-state index contributed by atoms with van der Waals surface area (Å²) in [6.07, 6.45) is 1.54. The molecule has 2 amide bonds. The highest BCUT2D eigenvalue weighted by atomic mass is 35.5. The fourth-order valence-electron chi connectivity index (χ4n) is 1.97. The van der Waals surface area contributed by atoms with E-state index >= 15 is 0 Å². The minimum absolute atomic E-state index is 0.0408. The molecular weight excluding hydrogens is 240 g/mol. The minimum atomic E-state index is -0.446. The number of nitrogens with one attached hydrogen (secondary N) is 1.